The third kappa shape index (κ3) is 2.05. The molecule has 2 aromatic rings. The highest BCUT2D eigenvalue weighted by molar-refractivity contribution is 7.11. The predicted octanol–water partition coefficient (Wildman–Crippen LogP) is 1.06. The van der Waals surface area contributed by atoms with E-state index in [4.69, 9.17) is 0 Å². The van der Waals surface area contributed by atoms with Gasteiger partial charge in [0.25, 0.3) is 0 Å². The van der Waals surface area contributed by atoms with Crippen molar-refractivity contribution in [3.8, 4) is 0 Å². The van der Waals surface area contributed by atoms with Crippen molar-refractivity contribution in [1.29, 1.82) is 0 Å². The summed E-state index contributed by atoms with van der Waals surface area (Å²) in [6.45, 7) is 2.60. The van der Waals surface area contributed by atoms with Crippen molar-refractivity contribution < 1.29 is 0 Å². The molecule has 0 fully saturated rings. The van der Waals surface area contributed by atoms with Crippen molar-refractivity contribution in [3.05, 3.63) is 44.8 Å². The van der Waals surface area contributed by atoms with Crippen molar-refractivity contribution in [2.45, 2.75) is 13.5 Å². The summed E-state index contributed by atoms with van der Waals surface area (Å²) >= 11 is 1.57. The molecule has 2 rings (SSSR count). The first-order chi connectivity index (χ1) is 6.74. The van der Waals surface area contributed by atoms with Crippen LogP contribution in [0.3, 0.4) is 0 Å². The van der Waals surface area contributed by atoms with Crippen LogP contribution in [-0.2, 0) is 6.54 Å². The molecule has 2 aromatic heterocycles. The number of rotatable bonds is 2. The van der Waals surface area contributed by atoms with Gasteiger partial charge in [-0.15, -0.1) is 10.2 Å². The van der Waals surface area contributed by atoms with Crippen molar-refractivity contribution in [2.24, 2.45) is 0 Å². The Morgan fingerprint density at radius 1 is 1.36 bits per heavy atom. The molecule has 0 N–H and O–H groups in total. The molecule has 0 aliphatic rings. The van der Waals surface area contributed by atoms with Gasteiger partial charge in [0.1, 0.15) is 10.0 Å². The Morgan fingerprint density at radius 2 is 2.07 bits per heavy atom. The maximum atomic E-state index is 10.8. The summed E-state index contributed by atoms with van der Waals surface area (Å²) < 4.78 is 1.90. The van der Waals surface area contributed by atoms with E-state index in [1.807, 2.05) is 11.5 Å². The second kappa shape index (κ2) is 3.71. The number of pyridine rings is 1. The Labute approximate surface area is 84.9 Å². The lowest BCUT2D eigenvalue weighted by molar-refractivity contribution is 0.768. The molecule has 0 aliphatic carbocycles. The summed E-state index contributed by atoms with van der Waals surface area (Å²) in [6, 6.07) is 3.07. The van der Waals surface area contributed by atoms with Crippen LogP contribution < -0.4 is 5.43 Å². The Morgan fingerprint density at radius 3 is 2.64 bits per heavy atom. The van der Waals surface area contributed by atoms with Gasteiger partial charge in [0.15, 0.2) is 5.43 Å². The lowest BCUT2D eigenvalue weighted by Crippen LogP contribution is -2.04. The number of nitrogens with zero attached hydrogens (tertiary/aromatic N) is 3. The predicted molar refractivity (Wildman–Crippen MR) is 54.5 cm³/mol. The van der Waals surface area contributed by atoms with Crippen LogP contribution in [0.4, 0.5) is 0 Å². The molecule has 0 atom stereocenters. The highest BCUT2D eigenvalue weighted by atomic mass is 32.1. The van der Waals surface area contributed by atoms with Crippen LogP contribution >= 0.6 is 11.3 Å². The van der Waals surface area contributed by atoms with Crippen molar-refractivity contribution in [3.63, 3.8) is 0 Å². The number of hydrogen-bond acceptors (Lipinski definition) is 4. The monoisotopic (exact) mass is 207 g/mol. The van der Waals surface area contributed by atoms with Crippen LogP contribution in [0, 0.1) is 6.92 Å². The van der Waals surface area contributed by atoms with Gasteiger partial charge in [-0.3, -0.25) is 4.79 Å². The maximum Gasteiger partial charge on any atom is 0.181 e. The van der Waals surface area contributed by atoms with E-state index in [-0.39, 0.29) is 5.43 Å². The van der Waals surface area contributed by atoms with Crippen LogP contribution in [0.15, 0.2) is 29.3 Å². The summed E-state index contributed by atoms with van der Waals surface area (Å²) in [4.78, 5) is 10.8. The minimum absolute atomic E-state index is 0.0229. The fourth-order valence-electron chi connectivity index (χ4n) is 1.11. The lowest BCUT2D eigenvalue weighted by Gasteiger charge is -2.00. The molecular formula is C9H9N3OS. The van der Waals surface area contributed by atoms with Gasteiger partial charge in [-0.05, 0) is 6.92 Å². The van der Waals surface area contributed by atoms with Crippen LogP contribution in [-0.4, -0.2) is 14.8 Å². The van der Waals surface area contributed by atoms with Gasteiger partial charge in [-0.25, -0.2) is 0 Å². The molecule has 2 heterocycles. The zero-order valence-corrected chi connectivity index (χ0v) is 8.49. The quantitative estimate of drug-likeness (QED) is 0.739. The molecule has 4 nitrogen and oxygen atoms in total. The Kier molecular flexibility index (Phi) is 2.41. The average Bonchev–Trinajstić information content (AvgIpc) is 2.56. The van der Waals surface area contributed by atoms with Gasteiger partial charge in [-0.1, -0.05) is 11.3 Å². The standard InChI is InChI=1S/C9H9N3OS/c1-7-10-11-9(14-7)6-12-4-2-8(13)3-5-12/h2-5H,6H2,1H3. The lowest BCUT2D eigenvalue weighted by atomic mass is 10.4. The Balaban J connectivity index is 2.19. The molecule has 5 heteroatoms. The Bertz CT molecular complexity index is 468. The van der Waals surface area contributed by atoms with Crippen LogP contribution in [0.5, 0.6) is 0 Å². The summed E-state index contributed by atoms with van der Waals surface area (Å²) in [5.41, 5.74) is 0.0229. The van der Waals surface area contributed by atoms with Gasteiger partial charge in [0.2, 0.25) is 0 Å². The second-order valence-corrected chi connectivity index (χ2v) is 4.19. The summed E-state index contributed by atoms with van der Waals surface area (Å²) in [5.74, 6) is 0. The molecule has 0 aromatic carbocycles. The molecule has 0 spiro atoms. The molecule has 14 heavy (non-hydrogen) atoms. The van der Waals surface area contributed by atoms with Crippen LogP contribution in [0.2, 0.25) is 0 Å². The van der Waals surface area contributed by atoms with Gasteiger partial charge in [0, 0.05) is 24.5 Å². The Hall–Kier alpha value is -1.49. The van der Waals surface area contributed by atoms with E-state index in [0.717, 1.165) is 10.0 Å². The fraction of sp³-hybridized carbons (Fsp3) is 0.222. The van der Waals surface area contributed by atoms with E-state index >= 15 is 0 Å². The second-order valence-electron chi connectivity index (χ2n) is 2.92. The van der Waals surface area contributed by atoms with Gasteiger partial charge in [0.05, 0.1) is 6.54 Å². The molecule has 0 radical (unpaired) electrons. The van der Waals surface area contributed by atoms with Crippen molar-refractivity contribution in [1.82, 2.24) is 14.8 Å². The average molecular weight is 207 g/mol. The van der Waals surface area contributed by atoms with Crippen LogP contribution in [0.25, 0.3) is 0 Å². The van der Waals surface area contributed by atoms with Gasteiger partial charge < -0.3 is 4.57 Å². The topological polar surface area (TPSA) is 47.8 Å². The molecular weight excluding hydrogens is 198 g/mol. The minimum Gasteiger partial charge on any atom is -0.347 e. The van der Waals surface area contributed by atoms with Gasteiger partial charge in [-0.2, -0.15) is 0 Å². The van der Waals surface area contributed by atoms with E-state index in [2.05, 4.69) is 10.2 Å². The normalized spacial score (nSPS) is 10.4. The third-order valence-corrected chi connectivity index (χ3v) is 2.57. The first-order valence-corrected chi connectivity index (χ1v) is 5.01. The molecule has 0 bridgehead atoms. The smallest absolute Gasteiger partial charge is 0.181 e. The first kappa shape index (κ1) is 9.08. The summed E-state index contributed by atoms with van der Waals surface area (Å²) in [6.07, 6.45) is 3.50. The molecule has 0 aliphatic heterocycles. The number of aromatic nitrogens is 3. The van der Waals surface area contributed by atoms with Gasteiger partial charge >= 0.3 is 0 Å². The number of aryl methyl sites for hydroxylation is 1. The molecule has 0 unspecified atom stereocenters. The molecule has 72 valence electrons. The summed E-state index contributed by atoms with van der Waals surface area (Å²) in [5, 5.41) is 9.84. The third-order valence-electron chi connectivity index (χ3n) is 1.75. The van der Waals surface area contributed by atoms with E-state index in [0.29, 0.717) is 6.54 Å². The summed E-state index contributed by atoms with van der Waals surface area (Å²) in [7, 11) is 0. The van der Waals surface area contributed by atoms with Crippen molar-refractivity contribution >= 4 is 11.3 Å². The van der Waals surface area contributed by atoms with E-state index in [1.54, 1.807) is 23.7 Å². The molecule has 0 amide bonds. The molecule has 0 saturated carbocycles. The fourth-order valence-corrected chi connectivity index (χ4v) is 1.82. The van der Waals surface area contributed by atoms with Crippen LogP contribution in [0.1, 0.15) is 10.0 Å². The zero-order chi connectivity index (χ0) is 9.97. The minimum atomic E-state index is 0.0229. The van der Waals surface area contributed by atoms with E-state index in [9.17, 15) is 4.79 Å². The zero-order valence-electron chi connectivity index (χ0n) is 7.67. The highest BCUT2D eigenvalue weighted by Gasteiger charge is 1.99. The number of hydrogen-bond donors (Lipinski definition) is 0. The highest BCUT2D eigenvalue weighted by Crippen LogP contribution is 2.08. The first-order valence-electron chi connectivity index (χ1n) is 4.19. The maximum absolute atomic E-state index is 10.8. The van der Waals surface area contributed by atoms with Crippen molar-refractivity contribution in [2.75, 3.05) is 0 Å². The largest absolute Gasteiger partial charge is 0.347 e. The van der Waals surface area contributed by atoms with E-state index < -0.39 is 0 Å². The molecule has 0 saturated heterocycles. The van der Waals surface area contributed by atoms with E-state index in [1.165, 1.54) is 12.1 Å². The SMILES string of the molecule is Cc1nnc(Cn2ccc(=O)cc2)s1.